The molecule has 0 heterocycles. The van der Waals surface area contributed by atoms with E-state index in [2.05, 4.69) is 0 Å². The van der Waals surface area contributed by atoms with Crippen LogP contribution in [-0.2, 0) is 4.57 Å². The van der Waals surface area contributed by atoms with Gasteiger partial charge in [-0.2, -0.15) is 0 Å². The van der Waals surface area contributed by atoms with Crippen LogP contribution in [0.25, 0.3) is 0 Å². The van der Waals surface area contributed by atoms with Crippen molar-refractivity contribution in [2.75, 3.05) is 0 Å². The smallest absolute Gasteiger partial charge is 0.187 e. The van der Waals surface area contributed by atoms with Gasteiger partial charge in [-0.1, -0.05) is 0 Å². The number of hydrogen-bond donors (Lipinski definition) is 0. The van der Waals surface area contributed by atoms with Crippen LogP contribution in [0, 0.1) is 0 Å². The van der Waals surface area contributed by atoms with E-state index in [-0.39, 0.29) is 0 Å². The lowest BCUT2D eigenvalue weighted by molar-refractivity contribution is 0.605. The molecular weight excluding hydrogens is 301 g/mol. The summed E-state index contributed by atoms with van der Waals surface area (Å²) in [4.78, 5) is 0. The molecule has 0 aromatic heterocycles. The Morgan fingerprint density at radius 3 is 1.50 bits per heavy atom. The average molecular weight is 302 g/mol. The molecule has 0 saturated carbocycles. The predicted molar refractivity (Wildman–Crippen MR) is 37.0 cm³/mol. The molecule has 4 heteroatoms. The highest BCUT2D eigenvalue weighted by Gasteiger charge is 1.65. The van der Waals surface area contributed by atoms with Crippen molar-refractivity contribution >= 4 is 47.2 Å². The van der Waals surface area contributed by atoms with Gasteiger partial charge in [0.15, 0.2) is 3.09 Å². The van der Waals surface area contributed by atoms with Crippen LogP contribution in [0.3, 0.4) is 0 Å². The van der Waals surface area contributed by atoms with Gasteiger partial charge < -0.3 is 4.57 Å². The Morgan fingerprint density at radius 2 is 1.50 bits per heavy atom. The van der Waals surface area contributed by atoms with Gasteiger partial charge in [-0.25, -0.2) is 0 Å². The Labute approximate surface area is 51.3 Å². The van der Waals surface area contributed by atoms with Gasteiger partial charge in [0.25, 0.3) is 0 Å². The lowest BCUT2D eigenvalue weighted by Crippen LogP contribution is -0.898. The first-order valence-electron chi connectivity index (χ1n) is 0.582. The Hall–Kier alpha value is 1.69. The summed E-state index contributed by atoms with van der Waals surface area (Å²) in [6.07, 6.45) is 0. The molecule has 0 radical (unpaired) electrons. The van der Waals surface area contributed by atoms with Gasteiger partial charge in [0, 0.05) is 0 Å². The highest BCUT2D eigenvalue weighted by atomic mass is 127. The van der Waals surface area contributed by atoms with Gasteiger partial charge in [-0.15, -0.1) is 0 Å². The summed E-state index contributed by atoms with van der Waals surface area (Å²) in [5.74, 6) is 0. The molecule has 4 heavy (non-hydrogen) atoms. The lowest BCUT2D eigenvalue weighted by Gasteiger charge is -1.53. The number of hydrogen-bond acceptors (Lipinski definition) is 1. The van der Waals surface area contributed by atoms with E-state index in [1.807, 2.05) is 44.1 Å². The summed E-state index contributed by atoms with van der Waals surface area (Å²) in [5.41, 5.74) is 0. The molecule has 0 aliphatic rings. The van der Waals surface area contributed by atoms with Gasteiger partial charge >= 0.3 is 0 Å². The minimum atomic E-state index is -1.19. The van der Waals surface area contributed by atoms with E-state index in [1.165, 1.54) is 0 Å². The molecule has 0 aliphatic carbocycles. The maximum absolute atomic E-state index is 9.60. The van der Waals surface area contributed by atoms with Gasteiger partial charge in [0.2, 0.25) is 0 Å². The minimum Gasteiger partial charge on any atom is -0.305 e. The van der Waals surface area contributed by atoms with Crippen molar-refractivity contribution in [1.82, 2.24) is 0 Å². The minimum absolute atomic E-state index is 1.19. The normalized spacial score (nSPS) is 8.75. The molecule has 0 aliphatic heterocycles. The van der Waals surface area contributed by atoms with E-state index in [0.29, 0.717) is 0 Å². The van der Waals surface area contributed by atoms with Crippen LogP contribution in [0.2, 0.25) is 0 Å². The molecule has 0 rings (SSSR count). The Morgan fingerprint density at radius 1 is 1.50 bits per heavy atom. The molecule has 0 bridgehead atoms. The Kier molecular flexibility index (Phi) is 4.13. The predicted octanol–water partition coefficient (Wildman–Crippen LogP) is 2.25. The zero-order chi connectivity index (χ0) is 3.58. The third-order valence-corrected chi connectivity index (χ3v) is 0. The SMILES string of the molecule is O=[PH](I)I. The summed E-state index contributed by atoms with van der Waals surface area (Å²) in [5, 5.41) is 0. The summed E-state index contributed by atoms with van der Waals surface area (Å²) in [7, 11) is 0. The number of halogens is 2. The van der Waals surface area contributed by atoms with E-state index < -0.39 is 3.09 Å². The second kappa shape index (κ2) is 2.90. The molecule has 0 saturated heterocycles. The second-order valence-electron chi connectivity index (χ2n) is 0.226. The Balaban J connectivity index is 2.80. The molecule has 0 fully saturated rings. The molecule has 0 atom stereocenters. The molecule has 0 amide bonds. The molecule has 0 spiro atoms. The average Bonchev–Trinajstić information content (AvgIpc) is 0.811. The van der Waals surface area contributed by atoms with Crippen LogP contribution in [0.15, 0.2) is 0 Å². The van der Waals surface area contributed by atoms with Crippen LogP contribution >= 0.6 is 47.2 Å². The monoisotopic (exact) mass is 302 g/mol. The van der Waals surface area contributed by atoms with E-state index >= 15 is 0 Å². The van der Waals surface area contributed by atoms with Crippen molar-refractivity contribution in [1.29, 1.82) is 0 Å². The van der Waals surface area contributed by atoms with Gasteiger partial charge in [-0.05, 0) is 44.1 Å². The van der Waals surface area contributed by atoms with Crippen LogP contribution in [-0.4, -0.2) is 0 Å². The third kappa shape index (κ3) is 9.35. The van der Waals surface area contributed by atoms with E-state index in [9.17, 15) is 4.57 Å². The molecule has 1 nitrogen and oxygen atoms in total. The highest BCUT2D eigenvalue weighted by molar-refractivity contribution is 14.3. The van der Waals surface area contributed by atoms with Crippen LogP contribution in [0.5, 0.6) is 0 Å². The lowest BCUT2D eigenvalue weighted by atomic mass is 16.0. The van der Waals surface area contributed by atoms with E-state index in [0.717, 1.165) is 0 Å². The summed E-state index contributed by atoms with van der Waals surface area (Å²) in [6.45, 7) is 0. The largest absolute Gasteiger partial charge is 0.305 e. The first-order chi connectivity index (χ1) is 1.73. The molecule has 26 valence electrons. The quantitative estimate of drug-likeness (QED) is 0.495. The summed E-state index contributed by atoms with van der Waals surface area (Å²) >= 11 is 3.75. The van der Waals surface area contributed by atoms with Crippen molar-refractivity contribution in [3.8, 4) is 0 Å². The molecule has 0 aromatic rings. The number of rotatable bonds is 0. The third-order valence-electron chi connectivity index (χ3n) is 0. The van der Waals surface area contributed by atoms with E-state index in [4.69, 9.17) is 0 Å². The zero-order valence-corrected chi connectivity index (χ0v) is 6.98. The fraction of sp³-hybridized carbons (Fsp3) is 0. The summed E-state index contributed by atoms with van der Waals surface area (Å²) < 4.78 is 8.41. The zero-order valence-electron chi connectivity index (χ0n) is 1.66. The fourth-order valence-electron chi connectivity index (χ4n) is 0. The van der Waals surface area contributed by atoms with Crippen molar-refractivity contribution in [2.24, 2.45) is 0 Å². The van der Waals surface area contributed by atoms with Crippen LogP contribution < -0.4 is 0 Å². The van der Waals surface area contributed by atoms with Crippen LogP contribution in [0.4, 0.5) is 0 Å². The second-order valence-corrected chi connectivity index (χ2v) is 12.7. The fourth-order valence-corrected chi connectivity index (χ4v) is 0. The highest BCUT2D eigenvalue weighted by Crippen LogP contribution is 2.39. The van der Waals surface area contributed by atoms with Gasteiger partial charge in [0.05, 0.1) is 0 Å². The van der Waals surface area contributed by atoms with Crippen molar-refractivity contribution in [2.45, 2.75) is 0 Å². The molecular formula is HI2OP. The maximum Gasteiger partial charge on any atom is 0.187 e. The first kappa shape index (κ1) is 5.69. The topological polar surface area (TPSA) is 17.1 Å². The summed E-state index contributed by atoms with van der Waals surface area (Å²) in [6, 6.07) is 0. The van der Waals surface area contributed by atoms with E-state index in [1.54, 1.807) is 0 Å². The van der Waals surface area contributed by atoms with Crippen molar-refractivity contribution < 1.29 is 4.57 Å². The van der Waals surface area contributed by atoms with Gasteiger partial charge in [-0.3, -0.25) is 0 Å². The van der Waals surface area contributed by atoms with Crippen LogP contribution in [0.1, 0.15) is 0 Å². The standard InChI is InChI=1S/HI2OP/c1-4(2)3/h4H. The Bertz CT molecular complexity index is 29.0. The van der Waals surface area contributed by atoms with Crippen molar-refractivity contribution in [3.63, 3.8) is 0 Å². The molecule has 0 N–H and O–H groups in total. The van der Waals surface area contributed by atoms with Gasteiger partial charge in [0.1, 0.15) is 0 Å². The molecule has 0 aromatic carbocycles. The maximum atomic E-state index is 9.60. The molecule has 0 unspecified atom stereocenters. The van der Waals surface area contributed by atoms with Crippen molar-refractivity contribution in [3.05, 3.63) is 0 Å². The first-order valence-corrected chi connectivity index (χ1v) is 8.22.